The second-order valence-corrected chi connectivity index (χ2v) is 4.09. The molecule has 16 heavy (non-hydrogen) atoms. The lowest BCUT2D eigenvalue weighted by Gasteiger charge is -2.14. The van der Waals surface area contributed by atoms with Gasteiger partial charge in [0.15, 0.2) is 0 Å². The van der Waals surface area contributed by atoms with E-state index in [4.69, 9.17) is 16.6 Å². The van der Waals surface area contributed by atoms with Crippen molar-refractivity contribution in [3.8, 4) is 0 Å². The molecule has 1 aromatic rings. The summed E-state index contributed by atoms with van der Waals surface area (Å²) in [5, 5.41) is 8.58. The lowest BCUT2D eigenvalue weighted by atomic mass is 9.97. The number of rotatable bonds is 4. The molecule has 0 spiro atoms. The zero-order valence-electron chi connectivity index (χ0n) is 9.66. The molecule has 1 rings (SSSR count). The monoisotopic (exact) mass is 222 g/mol. The lowest BCUT2D eigenvalue weighted by molar-refractivity contribution is -0.137. The van der Waals surface area contributed by atoms with E-state index in [-0.39, 0.29) is 12.5 Å². The van der Waals surface area contributed by atoms with E-state index < -0.39 is 5.97 Å². The number of aliphatic carboxylic acids is 1. The standard InChI is InChI=1S/C12H18N2O2/c1-7-5-9(6-11(14)8(7)2)10(13)3-4-12(15)16/h5-6,10H,3-4,13-14H2,1-2H3,(H,15,16). The number of carbonyl (C=O) groups is 1. The zero-order valence-corrected chi connectivity index (χ0v) is 9.66. The summed E-state index contributed by atoms with van der Waals surface area (Å²) in [5.41, 5.74) is 15.5. The third kappa shape index (κ3) is 2.97. The maximum atomic E-state index is 10.4. The molecule has 0 radical (unpaired) electrons. The minimum atomic E-state index is -0.827. The summed E-state index contributed by atoms with van der Waals surface area (Å²) >= 11 is 0. The molecular weight excluding hydrogens is 204 g/mol. The van der Waals surface area contributed by atoms with Crippen molar-refractivity contribution in [3.63, 3.8) is 0 Å². The second kappa shape index (κ2) is 4.99. The molecule has 0 amide bonds. The van der Waals surface area contributed by atoms with Crippen LogP contribution >= 0.6 is 0 Å². The molecule has 0 aliphatic carbocycles. The van der Waals surface area contributed by atoms with Gasteiger partial charge in [-0.2, -0.15) is 0 Å². The normalized spacial score (nSPS) is 12.4. The van der Waals surface area contributed by atoms with Crippen LogP contribution in [0.3, 0.4) is 0 Å². The Morgan fingerprint density at radius 1 is 1.44 bits per heavy atom. The Labute approximate surface area is 95.3 Å². The van der Waals surface area contributed by atoms with E-state index in [2.05, 4.69) is 0 Å². The number of anilines is 1. The smallest absolute Gasteiger partial charge is 0.303 e. The van der Waals surface area contributed by atoms with E-state index in [9.17, 15) is 4.79 Å². The van der Waals surface area contributed by atoms with Crippen LogP contribution in [0.15, 0.2) is 12.1 Å². The number of aryl methyl sites for hydroxylation is 1. The number of hydrogen-bond acceptors (Lipinski definition) is 3. The van der Waals surface area contributed by atoms with Gasteiger partial charge >= 0.3 is 5.97 Å². The van der Waals surface area contributed by atoms with Gasteiger partial charge in [-0.3, -0.25) is 4.79 Å². The summed E-state index contributed by atoms with van der Waals surface area (Å²) in [6.07, 6.45) is 0.505. The molecule has 1 unspecified atom stereocenters. The summed E-state index contributed by atoms with van der Waals surface area (Å²) in [5.74, 6) is -0.827. The largest absolute Gasteiger partial charge is 0.481 e. The predicted octanol–water partition coefficient (Wildman–Crippen LogP) is 1.75. The van der Waals surface area contributed by atoms with Crippen LogP contribution in [-0.4, -0.2) is 11.1 Å². The lowest BCUT2D eigenvalue weighted by Crippen LogP contribution is -2.13. The molecule has 88 valence electrons. The molecule has 0 heterocycles. The first-order chi connectivity index (χ1) is 7.41. The summed E-state index contributed by atoms with van der Waals surface area (Å²) in [7, 11) is 0. The van der Waals surface area contributed by atoms with Crippen LogP contribution in [0.4, 0.5) is 5.69 Å². The van der Waals surface area contributed by atoms with Gasteiger partial charge in [-0.15, -0.1) is 0 Å². The Kier molecular flexibility index (Phi) is 3.90. The van der Waals surface area contributed by atoms with Gasteiger partial charge in [0, 0.05) is 18.2 Å². The van der Waals surface area contributed by atoms with Crippen molar-refractivity contribution in [1.82, 2.24) is 0 Å². The molecule has 0 aromatic heterocycles. The maximum Gasteiger partial charge on any atom is 0.303 e. The van der Waals surface area contributed by atoms with Crippen LogP contribution < -0.4 is 11.5 Å². The number of nitrogen functional groups attached to an aromatic ring is 1. The predicted molar refractivity (Wildman–Crippen MR) is 64.1 cm³/mol. The van der Waals surface area contributed by atoms with Gasteiger partial charge in [0.2, 0.25) is 0 Å². The van der Waals surface area contributed by atoms with Crippen LogP contribution in [-0.2, 0) is 4.79 Å². The minimum absolute atomic E-state index is 0.0774. The molecule has 4 heteroatoms. The summed E-state index contributed by atoms with van der Waals surface area (Å²) < 4.78 is 0. The highest BCUT2D eigenvalue weighted by atomic mass is 16.4. The highest BCUT2D eigenvalue weighted by molar-refractivity contribution is 5.66. The van der Waals surface area contributed by atoms with E-state index in [1.807, 2.05) is 26.0 Å². The van der Waals surface area contributed by atoms with Crippen molar-refractivity contribution >= 4 is 11.7 Å². The molecule has 0 saturated carbocycles. The number of carboxylic acids is 1. The third-order valence-electron chi connectivity index (χ3n) is 2.83. The van der Waals surface area contributed by atoms with Gasteiger partial charge in [0.05, 0.1) is 0 Å². The molecule has 5 N–H and O–H groups in total. The van der Waals surface area contributed by atoms with E-state index in [1.165, 1.54) is 0 Å². The average Bonchev–Trinajstić information content (AvgIpc) is 2.21. The summed E-state index contributed by atoms with van der Waals surface area (Å²) in [6, 6.07) is 3.53. The molecule has 1 aromatic carbocycles. The van der Waals surface area contributed by atoms with Crippen molar-refractivity contribution in [3.05, 3.63) is 28.8 Å². The average molecular weight is 222 g/mol. The maximum absolute atomic E-state index is 10.4. The minimum Gasteiger partial charge on any atom is -0.481 e. The van der Waals surface area contributed by atoms with Crippen molar-refractivity contribution in [2.75, 3.05) is 5.73 Å². The van der Waals surface area contributed by atoms with Crippen LogP contribution in [0, 0.1) is 13.8 Å². The van der Waals surface area contributed by atoms with Crippen LogP contribution in [0.1, 0.15) is 35.6 Å². The van der Waals surface area contributed by atoms with Crippen molar-refractivity contribution in [2.24, 2.45) is 5.73 Å². The molecular formula is C12H18N2O2. The highest BCUT2D eigenvalue weighted by Crippen LogP contribution is 2.23. The Hall–Kier alpha value is -1.55. The van der Waals surface area contributed by atoms with E-state index in [0.29, 0.717) is 12.1 Å². The first kappa shape index (κ1) is 12.5. The van der Waals surface area contributed by atoms with Gasteiger partial charge in [0.1, 0.15) is 0 Å². The van der Waals surface area contributed by atoms with Gasteiger partial charge in [-0.25, -0.2) is 0 Å². The van der Waals surface area contributed by atoms with Crippen molar-refractivity contribution < 1.29 is 9.90 Å². The molecule has 0 bridgehead atoms. The number of hydrogen-bond donors (Lipinski definition) is 3. The molecule has 1 atom stereocenters. The van der Waals surface area contributed by atoms with Crippen LogP contribution in [0.25, 0.3) is 0 Å². The first-order valence-corrected chi connectivity index (χ1v) is 5.25. The summed E-state index contributed by atoms with van der Waals surface area (Å²) in [6.45, 7) is 3.93. The van der Waals surface area contributed by atoms with Gasteiger partial charge in [0.25, 0.3) is 0 Å². The topological polar surface area (TPSA) is 89.3 Å². The fraction of sp³-hybridized carbons (Fsp3) is 0.417. The molecule has 0 aliphatic heterocycles. The fourth-order valence-corrected chi connectivity index (χ4v) is 1.58. The van der Waals surface area contributed by atoms with Gasteiger partial charge in [-0.1, -0.05) is 6.07 Å². The third-order valence-corrected chi connectivity index (χ3v) is 2.83. The number of carboxylic acid groups (broad SMARTS) is 1. The van der Waals surface area contributed by atoms with E-state index in [0.717, 1.165) is 16.7 Å². The molecule has 0 saturated heterocycles. The Bertz CT molecular complexity index is 379. The van der Waals surface area contributed by atoms with E-state index >= 15 is 0 Å². The van der Waals surface area contributed by atoms with Gasteiger partial charge < -0.3 is 16.6 Å². The number of nitrogens with two attached hydrogens (primary N) is 2. The summed E-state index contributed by atoms with van der Waals surface area (Å²) in [4.78, 5) is 10.4. The molecule has 0 fully saturated rings. The van der Waals surface area contributed by atoms with Crippen molar-refractivity contribution in [1.29, 1.82) is 0 Å². The Balaban J connectivity index is 2.84. The quantitative estimate of drug-likeness (QED) is 0.677. The molecule has 0 aliphatic rings. The van der Waals surface area contributed by atoms with Crippen LogP contribution in [0.2, 0.25) is 0 Å². The zero-order chi connectivity index (χ0) is 12.3. The van der Waals surface area contributed by atoms with Gasteiger partial charge in [-0.05, 0) is 43.0 Å². The second-order valence-electron chi connectivity index (χ2n) is 4.09. The highest BCUT2D eigenvalue weighted by Gasteiger charge is 2.10. The molecule has 4 nitrogen and oxygen atoms in total. The SMILES string of the molecule is Cc1cc(C(N)CCC(=O)O)cc(N)c1C. The van der Waals surface area contributed by atoms with Crippen molar-refractivity contribution in [2.45, 2.75) is 32.7 Å². The number of benzene rings is 1. The van der Waals surface area contributed by atoms with Crippen LogP contribution in [0.5, 0.6) is 0 Å². The van der Waals surface area contributed by atoms with E-state index in [1.54, 1.807) is 0 Å². The first-order valence-electron chi connectivity index (χ1n) is 5.25. The Morgan fingerprint density at radius 3 is 2.56 bits per heavy atom. The fourth-order valence-electron chi connectivity index (χ4n) is 1.58. The Morgan fingerprint density at radius 2 is 2.06 bits per heavy atom.